The van der Waals surface area contributed by atoms with Crippen LogP contribution >= 0.6 is 15.9 Å². The lowest BCUT2D eigenvalue weighted by atomic mass is 10.0. The van der Waals surface area contributed by atoms with Gasteiger partial charge >= 0.3 is 0 Å². The Balaban J connectivity index is 2.33. The maximum atomic E-state index is 13.8. The minimum absolute atomic E-state index is 0.229. The van der Waals surface area contributed by atoms with E-state index >= 15 is 0 Å². The molecule has 2 unspecified atom stereocenters. The summed E-state index contributed by atoms with van der Waals surface area (Å²) in [6, 6.07) is 12.2. The topological polar surface area (TPSA) is 35.2 Å². The summed E-state index contributed by atoms with van der Waals surface area (Å²) in [6.07, 6.45) is -0.399. The second-order valence-corrected chi connectivity index (χ2v) is 5.80. The van der Waals surface area contributed by atoms with Crippen molar-refractivity contribution in [3.8, 4) is 5.75 Å². The summed E-state index contributed by atoms with van der Waals surface area (Å²) in [4.78, 5) is 0. The Morgan fingerprint density at radius 2 is 1.95 bits per heavy atom. The summed E-state index contributed by atoms with van der Waals surface area (Å²) in [6.45, 7) is 3.74. The van der Waals surface area contributed by atoms with Gasteiger partial charge in [0.2, 0.25) is 0 Å². The Kier molecular flexibility index (Phi) is 4.78. The van der Waals surface area contributed by atoms with Gasteiger partial charge in [0.1, 0.15) is 6.10 Å². The van der Waals surface area contributed by atoms with Gasteiger partial charge in [-0.15, -0.1) is 0 Å². The molecule has 2 atom stereocenters. The van der Waals surface area contributed by atoms with E-state index in [9.17, 15) is 4.39 Å². The summed E-state index contributed by atoms with van der Waals surface area (Å²) in [7, 11) is 0. The van der Waals surface area contributed by atoms with Crippen LogP contribution < -0.4 is 10.5 Å². The van der Waals surface area contributed by atoms with E-state index in [1.807, 2.05) is 38.1 Å². The zero-order valence-corrected chi connectivity index (χ0v) is 13.0. The van der Waals surface area contributed by atoms with Crippen molar-refractivity contribution in [1.29, 1.82) is 0 Å². The summed E-state index contributed by atoms with van der Waals surface area (Å²) in [5.41, 5.74) is 7.85. The first-order valence-corrected chi connectivity index (χ1v) is 7.20. The fourth-order valence-electron chi connectivity index (χ4n) is 2.00. The van der Waals surface area contributed by atoms with Crippen molar-refractivity contribution < 1.29 is 9.13 Å². The number of aryl methyl sites for hydroxylation is 1. The number of hydrogen-bond acceptors (Lipinski definition) is 2. The Bertz CT molecular complexity index is 601. The van der Waals surface area contributed by atoms with Gasteiger partial charge in [0.05, 0.1) is 0 Å². The van der Waals surface area contributed by atoms with Crippen molar-refractivity contribution in [2.75, 3.05) is 0 Å². The number of rotatable bonds is 4. The van der Waals surface area contributed by atoms with Crippen LogP contribution in [0.3, 0.4) is 0 Å². The van der Waals surface area contributed by atoms with Crippen molar-refractivity contribution in [1.82, 2.24) is 0 Å². The third kappa shape index (κ3) is 3.58. The first kappa shape index (κ1) is 15.0. The molecule has 0 radical (unpaired) electrons. The highest BCUT2D eigenvalue weighted by Crippen LogP contribution is 2.28. The van der Waals surface area contributed by atoms with Crippen LogP contribution in [0.25, 0.3) is 0 Å². The van der Waals surface area contributed by atoms with Gasteiger partial charge in [-0.1, -0.05) is 34.1 Å². The number of nitrogens with two attached hydrogens (primary N) is 1. The van der Waals surface area contributed by atoms with Crippen LogP contribution in [-0.4, -0.2) is 6.04 Å². The van der Waals surface area contributed by atoms with Crippen molar-refractivity contribution in [2.24, 2.45) is 5.73 Å². The predicted octanol–water partition coefficient (Wildman–Crippen LogP) is 4.36. The third-order valence-electron chi connectivity index (χ3n) is 3.00. The minimum atomic E-state index is -0.399. The van der Waals surface area contributed by atoms with Gasteiger partial charge in [-0.25, -0.2) is 4.39 Å². The van der Waals surface area contributed by atoms with Crippen LogP contribution in [0.15, 0.2) is 46.9 Å². The smallest absolute Gasteiger partial charge is 0.165 e. The molecular weight excluding hydrogens is 321 g/mol. The molecule has 0 saturated heterocycles. The number of benzene rings is 2. The van der Waals surface area contributed by atoms with Gasteiger partial charge in [-0.05, 0) is 49.2 Å². The van der Waals surface area contributed by atoms with Gasteiger partial charge < -0.3 is 10.5 Å². The van der Waals surface area contributed by atoms with Crippen LogP contribution in [0.1, 0.15) is 24.2 Å². The molecule has 2 aromatic carbocycles. The molecule has 0 bridgehead atoms. The molecule has 0 amide bonds. The summed E-state index contributed by atoms with van der Waals surface area (Å²) >= 11 is 3.42. The molecule has 0 aromatic heterocycles. The van der Waals surface area contributed by atoms with E-state index in [0.717, 1.165) is 15.6 Å². The van der Waals surface area contributed by atoms with Gasteiger partial charge in [0.25, 0.3) is 0 Å². The average Bonchev–Trinajstić information content (AvgIpc) is 2.39. The summed E-state index contributed by atoms with van der Waals surface area (Å²) in [5.74, 6) is -0.150. The lowest BCUT2D eigenvalue weighted by molar-refractivity contribution is 0.172. The van der Waals surface area contributed by atoms with Gasteiger partial charge in [-0.2, -0.15) is 0 Å². The summed E-state index contributed by atoms with van der Waals surface area (Å²) in [5, 5.41) is 0. The van der Waals surface area contributed by atoms with E-state index in [4.69, 9.17) is 10.5 Å². The van der Waals surface area contributed by atoms with E-state index in [-0.39, 0.29) is 17.6 Å². The predicted molar refractivity (Wildman–Crippen MR) is 82.3 cm³/mol. The standard InChI is InChI=1S/C16H17BrFNO/c1-10-6-7-14(18)15(8-10)20-16(11(2)19)12-4-3-5-13(17)9-12/h3-9,11,16H,19H2,1-2H3. The maximum absolute atomic E-state index is 13.8. The average molecular weight is 338 g/mol. The second kappa shape index (κ2) is 6.37. The SMILES string of the molecule is Cc1ccc(F)c(OC(c2cccc(Br)c2)C(C)N)c1. The quantitative estimate of drug-likeness (QED) is 0.899. The Morgan fingerprint density at radius 1 is 1.20 bits per heavy atom. The van der Waals surface area contributed by atoms with Gasteiger partial charge in [0.15, 0.2) is 11.6 Å². The molecule has 2 rings (SSSR count). The van der Waals surface area contributed by atoms with Crippen molar-refractivity contribution in [3.63, 3.8) is 0 Å². The van der Waals surface area contributed by atoms with Gasteiger partial charge in [0, 0.05) is 10.5 Å². The van der Waals surface area contributed by atoms with E-state index in [0.29, 0.717) is 0 Å². The van der Waals surface area contributed by atoms with E-state index < -0.39 is 6.10 Å². The highest BCUT2D eigenvalue weighted by Gasteiger charge is 2.20. The fraction of sp³-hybridized carbons (Fsp3) is 0.250. The van der Waals surface area contributed by atoms with Crippen molar-refractivity contribution >= 4 is 15.9 Å². The first-order chi connectivity index (χ1) is 9.47. The summed E-state index contributed by atoms with van der Waals surface area (Å²) < 4.78 is 20.6. The normalized spacial score (nSPS) is 13.8. The molecule has 4 heteroatoms. The van der Waals surface area contributed by atoms with Crippen LogP contribution in [0.4, 0.5) is 4.39 Å². The van der Waals surface area contributed by atoms with Gasteiger partial charge in [-0.3, -0.25) is 0 Å². The first-order valence-electron chi connectivity index (χ1n) is 6.41. The van der Waals surface area contributed by atoms with E-state index in [2.05, 4.69) is 15.9 Å². The third-order valence-corrected chi connectivity index (χ3v) is 3.49. The minimum Gasteiger partial charge on any atom is -0.481 e. The molecule has 0 aliphatic rings. The lowest BCUT2D eigenvalue weighted by Crippen LogP contribution is -2.29. The second-order valence-electron chi connectivity index (χ2n) is 4.89. The highest BCUT2D eigenvalue weighted by atomic mass is 79.9. The molecular formula is C16H17BrFNO. The molecule has 0 aliphatic carbocycles. The van der Waals surface area contributed by atoms with E-state index in [1.54, 1.807) is 12.1 Å². The zero-order chi connectivity index (χ0) is 14.7. The highest BCUT2D eigenvalue weighted by molar-refractivity contribution is 9.10. The van der Waals surface area contributed by atoms with Crippen molar-refractivity contribution in [2.45, 2.75) is 26.0 Å². The molecule has 0 aliphatic heterocycles. The fourth-order valence-corrected chi connectivity index (χ4v) is 2.42. The molecule has 106 valence electrons. The number of halogens is 2. The Hall–Kier alpha value is -1.39. The Morgan fingerprint density at radius 3 is 2.60 bits per heavy atom. The van der Waals surface area contributed by atoms with E-state index in [1.165, 1.54) is 6.07 Å². The largest absolute Gasteiger partial charge is 0.481 e. The van der Waals surface area contributed by atoms with Crippen LogP contribution in [-0.2, 0) is 0 Å². The molecule has 0 saturated carbocycles. The molecule has 20 heavy (non-hydrogen) atoms. The molecule has 0 heterocycles. The number of hydrogen-bond donors (Lipinski definition) is 1. The van der Waals surface area contributed by atoms with Crippen LogP contribution in [0, 0.1) is 12.7 Å². The molecule has 0 spiro atoms. The molecule has 0 fully saturated rings. The monoisotopic (exact) mass is 337 g/mol. The molecule has 2 aromatic rings. The molecule has 2 N–H and O–H groups in total. The van der Waals surface area contributed by atoms with Crippen LogP contribution in [0.2, 0.25) is 0 Å². The van der Waals surface area contributed by atoms with Crippen LogP contribution in [0.5, 0.6) is 5.75 Å². The Labute approximate surface area is 126 Å². The molecule has 2 nitrogen and oxygen atoms in total. The lowest BCUT2D eigenvalue weighted by Gasteiger charge is -2.23. The van der Waals surface area contributed by atoms with Crippen molar-refractivity contribution in [3.05, 3.63) is 63.9 Å². The maximum Gasteiger partial charge on any atom is 0.165 e. The zero-order valence-electron chi connectivity index (χ0n) is 11.4. The number of ether oxygens (including phenoxy) is 1.